The maximum Gasteiger partial charge on any atom is 0.290 e. The van der Waals surface area contributed by atoms with Gasteiger partial charge in [-0.25, -0.2) is 0 Å². The SMILES string of the molecule is O=C1NC(=O)/C(=C\c2ccc3c(c2)CCCO3)S1. The number of imide groups is 1. The Morgan fingerprint density at radius 1 is 1.33 bits per heavy atom. The molecule has 0 atom stereocenters. The Labute approximate surface area is 108 Å². The van der Waals surface area contributed by atoms with Crippen LogP contribution in [0.25, 0.3) is 6.08 Å². The van der Waals surface area contributed by atoms with Crippen molar-refractivity contribution in [1.29, 1.82) is 0 Å². The number of fused-ring (bicyclic) bond motifs is 1. The minimum Gasteiger partial charge on any atom is -0.493 e. The van der Waals surface area contributed by atoms with E-state index in [0.717, 1.165) is 48.1 Å². The van der Waals surface area contributed by atoms with Gasteiger partial charge in [-0.3, -0.25) is 14.9 Å². The van der Waals surface area contributed by atoms with E-state index < -0.39 is 0 Å². The molecule has 1 aromatic carbocycles. The first-order chi connectivity index (χ1) is 8.72. The molecule has 3 rings (SSSR count). The second-order valence-corrected chi connectivity index (χ2v) is 5.19. The third-order valence-electron chi connectivity index (χ3n) is 2.87. The van der Waals surface area contributed by atoms with Crippen LogP contribution in [0, 0.1) is 0 Å². The molecule has 0 aliphatic carbocycles. The summed E-state index contributed by atoms with van der Waals surface area (Å²) < 4.78 is 5.53. The van der Waals surface area contributed by atoms with Crippen LogP contribution < -0.4 is 10.1 Å². The first-order valence-electron chi connectivity index (χ1n) is 5.73. The molecule has 2 aliphatic rings. The highest BCUT2D eigenvalue weighted by atomic mass is 32.2. The standard InChI is InChI=1S/C13H11NO3S/c15-12-11(18-13(16)14-12)7-8-3-4-10-9(6-8)2-1-5-17-10/h3-4,6-7H,1-2,5H2,(H,14,15,16)/b11-7+. The lowest BCUT2D eigenvalue weighted by Gasteiger charge is -2.17. The van der Waals surface area contributed by atoms with Crippen molar-refractivity contribution in [3.8, 4) is 5.75 Å². The zero-order valence-corrected chi connectivity index (χ0v) is 10.4. The Balaban J connectivity index is 1.91. The lowest BCUT2D eigenvalue weighted by Crippen LogP contribution is -2.17. The number of aryl methyl sites for hydroxylation is 1. The molecule has 2 aliphatic heterocycles. The van der Waals surface area contributed by atoms with Crippen LogP contribution in [0.4, 0.5) is 4.79 Å². The number of benzene rings is 1. The Kier molecular flexibility index (Phi) is 2.83. The van der Waals surface area contributed by atoms with E-state index in [4.69, 9.17) is 4.74 Å². The molecule has 18 heavy (non-hydrogen) atoms. The van der Waals surface area contributed by atoms with Gasteiger partial charge in [0, 0.05) is 0 Å². The van der Waals surface area contributed by atoms with Crippen LogP contribution in [0.5, 0.6) is 5.75 Å². The summed E-state index contributed by atoms with van der Waals surface area (Å²) in [5.41, 5.74) is 2.08. The predicted octanol–water partition coefficient (Wildman–Crippen LogP) is 2.34. The van der Waals surface area contributed by atoms with E-state index in [0.29, 0.717) is 4.91 Å². The molecule has 1 aromatic rings. The zero-order valence-electron chi connectivity index (χ0n) is 9.56. The Hall–Kier alpha value is -1.75. The topological polar surface area (TPSA) is 55.4 Å². The molecule has 0 spiro atoms. The highest BCUT2D eigenvalue weighted by Gasteiger charge is 2.25. The van der Waals surface area contributed by atoms with Crippen molar-refractivity contribution in [3.05, 3.63) is 34.2 Å². The van der Waals surface area contributed by atoms with Gasteiger partial charge in [0.1, 0.15) is 5.75 Å². The van der Waals surface area contributed by atoms with Gasteiger partial charge in [0.25, 0.3) is 11.1 Å². The Morgan fingerprint density at radius 2 is 2.22 bits per heavy atom. The minimum absolute atomic E-state index is 0.312. The number of thioether (sulfide) groups is 1. The molecule has 0 radical (unpaired) electrons. The summed E-state index contributed by atoms with van der Waals surface area (Å²) in [5.74, 6) is 0.599. The second kappa shape index (κ2) is 4.49. The van der Waals surface area contributed by atoms with Crippen molar-refractivity contribution in [2.75, 3.05) is 6.61 Å². The van der Waals surface area contributed by atoms with Gasteiger partial charge in [-0.2, -0.15) is 0 Å². The Bertz CT molecular complexity index is 565. The first kappa shape index (κ1) is 11.3. The van der Waals surface area contributed by atoms with Crippen LogP contribution in [0.3, 0.4) is 0 Å². The largest absolute Gasteiger partial charge is 0.493 e. The lowest BCUT2D eigenvalue weighted by atomic mass is 10.0. The fourth-order valence-electron chi connectivity index (χ4n) is 2.04. The maximum absolute atomic E-state index is 11.4. The van der Waals surface area contributed by atoms with E-state index >= 15 is 0 Å². The summed E-state index contributed by atoms with van der Waals surface area (Å²) in [6.07, 6.45) is 3.74. The molecule has 5 heteroatoms. The molecule has 0 unspecified atom stereocenters. The molecule has 2 heterocycles. The molecule has 1 N–H and O–H groups in total. The third kappa shape index (κ3) is 2.13. The lowest BCUT2D eigenvalue weighted by molar-refractivity contribution is -0.115. The van der Waals surface area contributed by atoms with Gasteiger partial charge in [-0.05, 0) is 53.9 Å². The van der Waals surface area contributed by atoms with E-state index in [1.54, 1.807) is 6.08 Å². The minimum atomic E-state index is -0.320. The van der Waals surface area contributed by atoms with Gasteiger partial charge in [0.15, 0.2) is 0 Å². The summed E-state index contributed by atoms with van der Waals surface area (Å²) in [6, 6.07) is 5.83. The Morgan fingerprint density at radius 3 is 3.00 bits per heavy atom. The molecule has 2 amide bonds. The summed E-state index contributed by atoms with van der Waals surface area (Å²) >= 11 is 0.936. The normalized spacial score (nSPS) is 20.6. The molecule has 0 saturated carbocycles. The van der Waals surface area contributed by atoms with Crippen LogP contribution in [-0.2, 0) is 11.2 Å². The number of carbonyl (C=O) groups excluding carboxylic acids is 2. The van der Waals surface area contributed by atoms with Gasteiger partial charge in [-0.1, -0.05) is 6.07 Å². The average molecular weight is 261 g/mol. The maximum atomic E-state index is 11.4. The summed E-state index contributed by atoms with van der Waals surface area (Å²) in [4.78, 5) is 22.9. The summed E-state index contributed by atoms with van der Waals surface area (Å²) in [7, 11) is 0. The molecule has 0 bridgehead atoms. The zero-order chi connectivity index (χ0) is 12.5. The molecule has 0 aromatic heterocycles. The third-order valence-corrected chi connectivity index (χ3v) is 3.68. The van der Waals surface area contributed by atoms with Crippen LogP contribution in [0.2, 0.25) is 0 Å². The van der Waals surface area contributed by atoms with E-state index in [1.807, 2.05) is 18.2 Å². The van der Waals surface area contributed by atoms with Crippen molar-refractivity contribution in [3.63, 3.8) is 0 Å². The van der Waals surface area contributed by atoms with Crippen LogP contribution in [0.15, 0.2) is 23.1 Å². The van der Waals surface area contributed by atoms with E-state index in [-0.39, 0.29) is 11.1 Å². The number of rotatable bonds is 1. The molecular formula is C13H11NO3S. The molecule has 4 nitrogen and oxygen atoms in total. The number of ether oxygens (including phenoxy) is 1. The highest BCUT2D eigenvalue weighted by Crippen LogP contribution is 2.29. The van der Waals surface area contributed by atoms with Crippen molar-refractivity contribution >= 4 is 29.0 Å². The fourth-order valence-corrected chi connectivity index (χ4v) is 2.72. The van der Waals surface area contributed by atoms with Gasteiger partial charge < -0.3 is 4.74 Å². The van der Waals surface area contributed by atoms with Gasteiger partial charge in [0.05, 0.1) is 11.5 Å². The second-order valence-electron chi connectivity index (χ2n) is 4.17. The number of hydrogen-bond donors (Lipinski definition) is 1. The quantitative estimate of drug-likeness (QED) is 0.788. The van der Waals surface area contributed by atoms with Crippen LogP contribution in [0.1, 0.15) is 17.5 Å². The fraction of sp³-hybridized carbons (Fsp3) is 0.231. The van der Waals surface area contributed by atoms with E-state index in [1.165, 1.54) is 0 Å². The monoisotopic (exact) mass is 261 g/mol. The number of carbonyl (C=O) groups is 2. The number of hydrogen-bond acceptors (Lipinski definition) is 4. The number of nitrogens with one attached hydrogen (secondary N) is 1. The smallest absolute Gasteiger partial charge is 0.290 e. The van der Waals surface area contributed by atoms with Gasteiger partial charge >= 0.3 is 0 Å². The van der Waals surface area contributed by atoms with Gasteiger partial charge in [-0.15, -0.1) is 0 Å². The van der Waals surface area contributed by atoms with Crippen molar-refractivity contribution < 1.29 is 14.3 Å². The number of amides is 2. The average Bonchev–Trinajstić information content (AvgIpc) is 2.68. The van der Waals surface area contributed by atoms with Gasteiger partial charge in [0.2, 0.25) is 0 Å². The molecule has 1 fully saturated rings. The molecular weight excluding hydrogens is 250 g/mol. The van der Waals surface area contributed by atoms with Crippen molar-refractivity contribution in [2.45, 2.75) is 12.8 Å². The first-order valence-corrected chi connectivity index (χ1v) is 6.54. The van der Waals surface area contributed by atoms with E-state index in [2.05, 4.69) is 5.32 Å². The summed E-state index contributed by atoms with van der Waals surface area (Å²) in [5, 5.41) is 1.93. The van der Waals surface area contributed by atoms with Crippen LogP contribution >= 0.6 is 11.8 Å². The van der Waals surface area contributed by atoms with E-state index in [9.17, 15) is 9.59 Å². The summed E-state index contributed by atoms with van der Waals surface area (Å²) in [6.45, 7) is 0.764. The van der Waals surface area contributed by atoms with Crippen LogP contribution in [-0.4, -0.2) is 17.8 Å². The highest BCUT2D eigenvalue weighted by molar-refractivity contribution is 8.18. The molecule has 92 valence electrons. The van der Waals surface area contributed by atoms with Crippen molar-refractivity contribution in [2.24, 2.45) is 0 Å². The predicted molar refractivity (Wildman–Crippen MR) is 69.4 cm³/mol. The molecule has 1 saturated heterocycles. The van der Waals surface area contributed by atoms with Crippen molar-refractivity contribution in [1.82, 2.24) is 5.32 Å².